The van der Waals surface area contributed by atoms with E-state index in [-0.39, 0.29) is 17.1 Å². The SMILES string of the molecule is C[C@H](OC(=O)c1ccc(-c2ccccc2F)o1)C(=O)N(C)C1(C#N)CCCCC1. The summed E-state index contributed by atoms with van der Waals surface area (Å²) in [6.45, 7) is 1.46. The first-order valence-electron chi connectivity index (χ1n) is 9.62. The van der Waals surface area contributed by atoms with E-state index in [0.29, 0.717) is 12.8 Å². The van der Waals surface area contributed by atoms with Crippen molar-refractivity contribution < 1.29 is 23.1 Å². The highest BCUT2D eigenvalue weighted by molar-refractivity contribution is 5.90. The Labute approximate surface area is 168 Å². The van der Waals surface area contributed by atoms with E-state index in [0.717, 1.165) is 19.3 Å². The Hall–Kier alpha value is -3.14. The quantitative estimate of drug-likeness (QED) is 0.701. The highest BCUT2D eigenvalue weighted by atomic mass is 19.1. The molecular formula is C22H23FN2O4. The number of hydrogen-bond acceptors (Lipinski definition) is 5. The third-order valence-corrected chi connectivity index (χ3v) is 5.44. The van der Waals surface area contributed by atoms with Gasteiger partial charge in [0.05, 0.1) is 11.6 Å². The lowest BCUT2D eigenvalue weighted by molar-refractivity contribution is -0.143. The van der Waals surface area contributed by atoms with E-state index >= 15 is 0 Å². The van der Waals surface area contributed by atoms with E-state index in [1.54, 1.807) is 19.2 Å². The van der Waals surface area contributed by atoms with Crippen LogP contribution in [0.1, 0.15) is 49.6 Å². The Kier molecular flexibility index (Phi) is 6.02. The predicted octanol–water partition coefficient (Wildman–Crippen LogP) is 4.32. The van der Waals surface area contributed by atoms with Crippen molar-refractivity contribution in [3.63, 3.8) is 0 Å². The van der Waals surface area contributed by atoms with Crippen LogP contribution in [0.2, 0.25) is 0 Å². The molecule has 0 unspecified atom stereocenters. The fraction of sp³-hybridized carbons (Fsp3) is 0.409. The number of hydrogen-bond donors (Lipinski definition) is 0. The van der Waals surface area contributed by atoms with Crippen molar-refractivity contribution in [1.29, 1.82) is 5.26 Å². The summed E-state index contributed by atoms with van der Waals surface area (Å²) in [5, 5.41) is 9.64. The molecule has 0 N–H and O–H groups in total. The van der Waals surface area contributed by atoms with E-state index in [4.69, 9.17) is 9.15 Å². The summed E-state index contributed by atoms with van der Waals surface area (Å²) in [5.74, 6) is -1.67. The van der Waals surface area contributed by atoms with Gasteiger partial charge in [-0.05, 0) is 44.0 Å². The summed E-state index contributed by atoms with van der Waals surface area (Å²) in [5.41, 5.74) is -0.637. The average molecular weight is 398 g/mol. The van der Waals surface area contributed by atoms with Crippen LogP contribution in [-0.4, -0.2) is 35.5 Å². The minimum atomic E-state index is -1.08. The van der Waals surface area contributed by atoms with Crippen molar-refractivity contribution in [2.75, 3.05) is 7.05 Å². The lowest BCUT2D eigenvalue weighted by Gasteiger charge is -2.39. The molecule has 0 radical (unpaired) electrons. The van der Waals surface area contributed by atoms with Crippen LogP contribution in [-0.2, 0) is 9.53 Å². The highest BCUT2D eigenvalue weighted by Gasteiger charge is 2.41. The molecule has 152 valence electrons. The molecule has 1 aromatic carbocycles. The minimum absolute atomic E-state index is 0.127. The van der Waals surface area contributed by atoms with Crippen molar-refractivity contribution in [2.24, 2.45) is 0 Å². The molecule has 2 aromatic rings. The normalized spacial score (nSPS) is 16.5. The van der Waals surface area contributed by atoms with Gasteiger partial charge < -0.3 is 14.1 Å². The molecule has 29 heavy (non-hydrogen) atoms. The maximum absolute atomic E-state index is 13.9. The number of furan rings is 1. The number of ether oxygens (including phenoxy) is 1. The fourth-order valence-corrected chi connectivity index (χ4v) is 3.66. The third-order valence-electron chi connectivity index (χ3n) is 5.44. The fourth-order valence-electron chi connectivity index (χ4n) is 3.66. The van der Waals surface area contributed by atoms with Crippen LogP contribution in [0.4, 0.5) is 4.39 Å². The van der Waals surface area contributed by atoms with E-state index in [2.05, 4.69) is 6.07 Å². The maximum atomic E-state index is 13.9. The van der Waals surface area contributed by atoms with E-state index in [1.165, 1.54) is 36.1 Å². The highest BCUT2D eigenvalue weighted by Crippen LogP contribution is 2.33. The van der Waals surface area contributed by atoms with Crippen molar-refractivity contribution in [2.45, 2.75) is 50.7 Å². The Morgan fingerprint density at radius 1 is 1.21 bits per heavy atom. The molecule has 0 spiro atoms. The summed E-state index contributed by atoms with van der Waals surface area (Å²) < 4.78 is 24.6. The zero-order valence-corrected chi connectivity index (χ0v) is 16.5. The second kappa shape index (κ2) is 8.48. The second-order valence-electron chi connectivity index (χ2n) is 7.29. The summed E-state index contributed by atoms with van der Waals surface area (Å²) in [4.78, 5) is 26.6. The summed E-state index contributed by atoms with van der Waals surface area (Å²) in [7, 11) is 1.57. The van der Waals surface area contributed by atoms with Crippen LogP contribution < -0.4 is 0 Å². The topological polar surface area (TPSA) is 83.5 Å². The molecule has 1 atom stereocenters. The van der Waals surface area contributed by atoms with Gasteiger partial charge in [0.2, 0.25) is 5.76 Å². The Morgan fingerprint density at radius 2 is 1.90 bits per heavy atom. The first-order chi connectivity index (χ1) is 13.9. The van der Waals surface area contributed by atoms with Gasteiger partial charge in [0, 0.05) is 7.05 Å². The van der Waals surface area contributed by atoms with Crippen LogP contribution >= 0.6 is 0 Å². The van der Waals surface area contributed by atoms with Crippen molar-refractivity contribution >= 4 is 11.9 Å². The molecule has 1 saturated carbocycles. The van der Waals surface area contributed by atoms with Crippen LogP contribution in [0.25, 0.3) is 11.3 Å². The van der Waals surface area contributed by atoms with Gasteiger partial charge in [-0.1, -0.05) is 31.4 Å². The van der Waals surface area contributed by atoms with Crippen LogP contribution in [0.3, 0.4) is 0 Å². The monoisotopic (exact) mass is 398 g/mol. The zero-order chi connectivity index (χ0) is 21.0. The molecule has 0 aliphatic heterocycles. The number of halogens is 1. The molecule has 1 aliphatic rings. The van der Waals surface area contributed by atoms with Crippen molar-refractivity contribution in [3.05, 3.63) is 48.0 Å². The third kappa shape index (κ3) is 4.16. The minimum Gasteiger partial charge on any atom is -0.449 e. The molecule has 6 nitrogen and oxygen atoms in total. The van der Waals surface area contributed by atoms with Gasteiger partial charge in [0.15, 0.2) is 6.10 Å². The lowest BCUT2D eigenvalue weighted by atomic mass is 9.81. The number of nitrogens with zero attached hydrogens (tertiary/aromatic N) is 2. The predicted molar refractivity (Wildman–Crippen MR) is 103 cm³/mol. The molecule has 1 amide bonds. The Balaban J connectivity index is 1.68. The largest absolute Gasteiger partial charge is 0.449 e. The molecule has 3 rings (SSSR count). The first kappa shape index (κ1) is 20.6. The van der Waals surface area contributed by atoms with E-state index in [1.807, 2.05) is 0 Å². The molecule has 7 heteroatoms. The standard InChI is InChI=1S/C22H23FN2O4/c1-15(20(26)25(2)22(14-24)12-6-3-7-13-22)28-21(27)19-11-10-18(29-19)16-8-4-5-9-17(16)23/h4-5,8-11,15H,3,6-7,12-13H2,1-2H3/t15-/m0/s1. The number of carbonyl (C=O) groups excluding carboxylic acids is 2. The van der Waals surface area contributed by atoms with Gasteiger partial charge in [0.25, 0.3) is 5.91 Å². The first-order valence-corrected chi connectivity index (χ1v) is 9.62. The van der Waals surface area contributed by atoms with Crippen molar-refractivity contribution in [3.8, 4) is 17.4 Å². The van der Waals surface area contributed by atoms with Gasteiger partial charge in [-0.2, -0.15) is 5.26 Å². The number of amides is 1. The van der Waals surface area contributed by atoms with Gasteiger partial charge in [-0.15, -0.1) is 0 Å². The number of likely N-dealkylation sites (N-methyl/N-ethyl adjacent to an activating group) is 1. The van der Waals surface area contributed by atoms with E-state index in [9.17, 15) is 19.2 Å². The Bertz CT molecular complexity index is 940. The molecule has 1 aromatic heterocycles. The van der Waals surface area contributed by atoms with Gasteiger partial charge in [-0.3, -0.25) is 4.79 Å². The van der Waals surface area contributed by atoms with Gasteiger partial charge in [-0.25, -0.2) is 9.18 Å². The number of benzene rings is 1. The van der Waals surface area contributed by atoms with Gasteiger partial charge >= 0.3 is 5.97 Å². The van der Waals surface area contributed by atoms with E-state index < -0.39 is 29.3 Å². The van der Waals surface area contributed by atoms with Gasteiger partial charge in [0.1, 0.15) is 17.1 Å². The average Bonchev–Trinajstić information content (AvgIpc) is 3.23. The zero-order valence-electron chi connectivity index (χ0n) is 16.5. The van der Waals surface area contributed by atoms with Crippen molar-refractivity contribution in [1.82, 2.24) is 4.90 Å². The number of esters is 1. The summed E-state index contributed by atoms with van der Waals surface area (Å²) in [6, 6.07) is 11.2. The lowest BCUT2D eigenvalue weighted by Crippen LogP contribution is -2.53. The molecule has 1 aliphatic carbocycles. The number of rotatable bonds is 5. The number of carbonyl (C=O) groups is 2. The number of nitriles is 1. The second-order valence-corrected chi connectivity index (χ2v) is 7.29. The summed E-state index contributed by atoms with van der Waals surface area (Å²) >= 11 is 0. The molecule has 1 fully saturated rings. The van der Waals surface area contributed by atoms with Crippen LogP contribution in [0.5, 0.6) is 0 Å². The molecule has 0 saturated heterocycles. The van der Waals surface area contributed by atoms with Crippen LogP contribution in [0.15, 0.2) is 40.8 Å². The summed E-state index contributed by atoms with van der Waals surface area (Å²) in [6.07, 6.45) is 2.93. The molecular weight excluding hydrogens is 375 g/mol. The molecule has 1 heterocycles. The molecule has 0 bridgehead atoms. The maximum Gasteiger partial charge on any atom is 0.375 e. The smallest absolute Gasteiger partial charge is 0.375 e. The van der Waals surface area contributed by atoms with Crippen LogP contribution in [0, 0.1) is 17.1 Å². The Morgan fingerprint density at radius 3 is 2.55 bits per heavy atom.